The van der Waals surface area contributed by atoms with Crippen LogP contribution in [0.5, 0.6) is 0 Å². The van der Waals surface area contributed by atoms with Gasteiger partial charge in [-0.05, 0) is 36.6 Å². The summed E-state index contributed by atoms with van der Waals surface area (Å²) in [7, 11) is 0. The smallest absolute Gasteiger partial charge is 0.319 e. The molecule has 0 spiro atoms. The number of hydrogen-bond donors (Lipinski definition) is 2. The first-order valence-corrected chi connectivity index (χ1v) is 9.68. The van der Waals surface area contributed by atoms with Crippen LogP contribution in [0.1, 0.15) is 24.5 Å². The topological polar surface area (TPSA) is 87.7 Å². The van der Waals surface area contributed by atoms with Crippen LogP contribution < -0.4 is 10.6 Å². The number of carbonyl (C=O) groups is 3. The molecule has 0 fully saturated rings. The van der Waals surface area contributed by atoms with Crippen molar-refractivity contribution in [2.24, 2.45) is 0 Å². The van der Waals surface area contributed by atoms with Gasteiger partial charge in [-0.3, -0.25) is 9.59 Å². The Bertz CT molecular complexity index is 869. The number of carbonyl (C=O) groups excluding carboxylic acids is 3. The van der Waals surface area contributed by atoms with E-state index in [2.05, 4.69) is 16.7 Å². The van der Waals surface area contributed by atoms with Crippen molar-refractivity contribution in [3.8, 4) is 0 Å². The fourth-order valence-corrected chi connectivity index (χ4v) is 3.22. The Kier molecular flexibility index (Phi) is 6.84. The minimum atomic E-state index is -0.856. The number of nitrogens with zero attached hydrogens (tertiary/aromatic N) is 1. The first-order chi connectivity index (χ1) is 14.0. The number of rotatable bonds is 6. The largest absolute Gasteiger partial charge is 0.452 e. The molecule has 1 aliphatic rings. The lowest BCUT2D eigenvalue weighted by atomic mass is 9.99. The molecule has 1 aliphatic heterocycles. The average molecular weight is 395 g/mol. The van der Waals surface area contributed by atoms with E-state index in [0.29, 0.717) is 18.8 Å². The first-order valence-electron chi connectivity index (χ1n) is 9.68. The SMILES string of the molecule is C[C@@H](OC(=O)CCNC(=O)Nc1ccccc1)C(=O)N1CCc2ccccc2C1. The van der Waals surface area contributed by atoms with Gasteiger partial charge in [0.2, 0.25) is 0 Å². The summed E-state index contributed by atoms with van der Waals surface area (Å²) in [5.41, 5.74) is 3.04. The van der Waals surface area contributed by atoms with Crippen molar-refractivity contribution in [3.05, 3.63) is 65.7 Å². The molecule has 7 heteroatoms. The van der Waals surface area contributed by atoms with E-state index in [1.54, 1.807) is 24.0 Å². The van der Waals surface area contributed by atoms with Gasteiger partial charge < -0.3 is 20.3 Å². The number of hydrogen-bond acceptors (Lipinski definition) is 4. The maximum atomic E-state index is 12.6. The van der Waals surface area contributed by atoms with Crippen molar-refractivity contribution in [1.29, 1.82) is 0 Å². The van der Waals surface area contributed by atoms with Gasteiger partial charge in [-0.1, -0.05) is 42.5 Å². The van der Waals surface area contributed by atoms with E-state index >= 15 is 0 Å². The van der Waals surface area contributed by atoms with Gasteiger partial charge in [0.15, 0.2) is 6.10 Å². The third-order valence-electron chi connectivity index (χ3n) is 4.74. The highest BCUT2D eigenvalue weighted by molar-refractivity contribution is 5.89. The lowest BCUT2D eigenvalue weighted by molar-refractivity contribution is -0.159. The fraction of sp³-hybridized carbons (Fsp3) is 0.318. The minimum Gasteiger partial charge on any atom is -0.452 e. The summed E-state index contributed by atoms with van der Waals surface area (Å²) in [6.45, 7) is 2.84. The molecule has 0 bridgehead atoms. The molecule has 0 aliphatic carbocycles. The van der Waals surface area contributed by atoms with Crippen LogP contribution >= 0.6 is 0 Å². The molecule has 29 heavy (non-hydrogen) atoms. The number of anilines is 1. The number of ether oxygens (including phenoxy) is 1. The third-order valence-corrected chi connectivity index (χ3v) is 4.74. The second kappa shape index (κ2) is 9.73. The Balaban J connectivity index is 1.39. The lowest BCUT2D eigenvalue weighted by Gasteiger charge is -2.30. The molecule has 2 aromatic carbocycles. The minimum absolute atomic E-state index is 0.0112. The molecule has 0 radical (unpaired) electrons. The van der Waals surface area contributed by atoms with Gasteiger partial charge in [0, 0.05) is 25.3 Å². The van der Waals surface area contributed by atoms with Crippen molar-refractivity contribution >= 4 is 23.6 Å². The van der Waals surface area contributed by atoms with E-state index in [9.17, 15) is 14.4 Å². The first kappa shape index (κ1) is 20.4. The zero-order valence-corrected chi connectivity index (χ0v) is 16.4. The highest BCUT2D eigenvalue weighted by Gasteiger charge is 2.26. The van der Waals surface area contributed by atoms with E-state index in [1.807, 2.05) is 36.4 Å². The average Bonchev–Trinajstić information content (AvgIpc) is 2.73. The predicted octanol–water partition coefficient (Wildman–Crippen LogP) is 2.71. The van der Waals surface area contributed by atoms with Crippen molar-refractivity contribution < 1.29 is 19.1 Å². The number of nitrogens with one attached hydrogen (secondary N) is 2. The highest BCUT2D eigenvalue weighted by Crippen LogP contribution is 2.19. The monoisotopic (exact) mass is 395 g/mol. The molecule has 0 unspecified atom stereocenters. The summed E-state index contributed by atoms with van der Waals surface area (Å²) in [6, 6.07) is 16.6. The Morgan fingerprint density at radius 2 is 1.72 bits per heavy atom. The van der Waals surface area contributed by atoms with Crippen LogP contribution in [0.4, 0.5) is 10.5 Å². The van der Waals surface area contributed by atoms with Gasteiger partial charge in [0.1, 0.15) is 0 Å². The highest BCUT2D eigenvalue weighted by atomic mass is 16.5. The third kappa shape index (κ3) is 5.81. The van der Waals surface area contributed by atoms with Gasteiger partial charge in [-0.25, -0.2) is 4.79 Å². The second-order valence-corrected chi connectivity index (χ2v) is 6.91. The maximum absolute atomic E-state index is 12.6. The molecule has 2 N–H and O–H groups in total. The van der Waals surface area contributed by atoms with Gasteiger partial charge >= 0.3 is 12.0 Å². The normalized spacial score (nSPS) is 13.8. The zero-order valence-electron chi connectivity index (χ0n) is 16.4. The second-order valence-electron chi connectivity index (χ2n) is 6.91. The van der Waals surface area contributed by atoms with Crippen molar-refractivity contribution in [3.63, 3.8) is 0 Å². The van der Waals surface area contributed by atoms with E-state index in [0.717, 1.165) is 12.0 Å². The number of esters is 1. The molecule has 1 heterocycles. The number of urea groups is 1. The summed E-state index contributed by atoms with van der Waals surface area (Å²) in [4.78, 5) is 38.1. The molecule has 2 aromatic rings. The van der Waals surface area contributed by atoms with Crippen molar-refractivity contribution in [2.75, 3.05) is 18.4 Å². The van der Waals surface area contributed by atoms with E-state index in [1.165, 1.54) is 5.56 Å². The van der Waals surface area contributed by atoms with E-state index < -0.39 is 18.1 Å². The zero-order chi connectivity index (χ0) is 20.6. The van der Waals surface area contributed by atoms with Gasteiger partial charge in [0.25, 0.3) is 5.91 Å². The fourth-order valence-electron chi connectivity index (χ4n) is 3.22. The molecule has 1 atom stereocenters. The quantitative estimate of drug-likeness (QED) is 0.736. The Labute approximate surface area is 170 Å². The Morgan fingerprint density at radius 3 is 2.48 bits per heavy atom. The summed E-state index contributed by atoms with van der Waals surface area (Å²) < 4.78 is 5.25. The van der Waals surface area contributed by atoms with Crippen molar-refractivity contribution in [2.45, 2.75) is 32.4 Å². The predicted molar refractivity (Wildman–Crippen MR) is 109 cm³/mol. The number of benzene rings is 2. The van der Waals surface area contributed by atoms with E-state index in [4.69, 9.17) is 4.74 Å². The molecule has 0 saturated carbocycles. The van der Waals surface area contributed by atoms with Crippen LogP contribution in [-0.2, 0) is 27.3 Å². The van der Waals surface area contributed by atoms with Crippen molar-refractivity contribution in [1.82, 2.24) is 10.2 Å². The van der Waals surface area contributed by atoms with Crippen LogP contribution in [0.2, 0.25) is 0 Å². The van der Waals surface area contributed by atoms with Crippen LogP contribution in [0.25, 0.3) is 0 Å². The molecule has 0 saturated heterocycles. The molecular formula is C22H25N3O4. The molecule has 3 rings (SSSR count). The van der Waals surface area contributed by atoms with Gasteiger partial charge in [-0.15, -0.1) is 0 Å². The number of amides is 3. The summed E-state index contributed by atoms with van der Waals surface area (Å²) in [6.07, 6.45) is -0.0722. The molecule has 152 valence electrons. The Morgan fingerprint density at radius 1 is 1.03 bits per heavy atom. The standard InChI is InChI=1S/C22H25N3O4/c1-16(21(27)25-14-12-17-7-5-6-8-18(17)15-25)29-20(26)11-13-23-22(28)24-19-9-3-2-4-10-19/h2-10,16H,11-15H2,1H3,(H2,23,24,28)/t16-/m1/s1. The van der Waals surface area contributed by atoms with Crippen LogP contribution in [0, 0.1) is 0 Å². The van der Waals surface area contributed by atoms with Gasteiger partial charge in [0.05, 0.1) is 6.42 Å². The molecule has 0 aromatic heterocycles. The molecule has 3 amide bonds. The lowest BCUT2D eigenvalue weighted by Crippen LogP contribution is -2.42. The summed E-state index contributed by atoms with van der Waals surface area (Å²) in [5, 5.41) is 5.26. The van der Waals surface area contributed by atoms with Gasteiger partial charge in [-0.2, -0.15) is 0 Å². The van der Waals surface area contributed by atoms with E-state index in [-0.39, 0.29) is 18.9 Å². The summed E-state index contributed by atoms with van der Waals surface area (Å²) >= 11 is 0. The van der Waals surface area contributed by atoms with Crippen LogP contribution in [-0.4, -0.2) is 42.0 Å². The van der Waals surface area contributed by atoms with Crippen LogP contribution in [0.15, 0.2) is 54.6 Å². The summed E-state index contributed by atoms with van der Waals surface area (Å²) in [5.74, 6) is -0.731. The molecular weight excluding hydrogens is 370 g/mol. The molecule has 7 nitrogen and oxygen atoms in total. The Hall–Kier alpha value is -3.35. The maximum Gasteiger partial charge on any atom is 0.319 e. The number of fused-ring (bicyclic) bond motifs is 1. The number of para-hydroxylation sites is 1. The van der Waals surface area contributed by atoms with Crippen LogP contribution in [0.3, 0.4) is 0 Å².